The molecule has 0 saturated carbocycles. The summed E-state index contributed by atoms with van der Waals surface area (Å²) in [5.74, 6) is -3.05. The second-order valence-corrected chi connectivity index (χ2v) is 4.68. The molecule has 1 aromatic rings. The molecule has 0 unspecified atom stereocenters. The summed E-state index contributed by atoms with van der Waals surface area (Å²) in [5, 5.41) is 0. The zero-order valence-electron chi connectivity index (χ0n) is 8.54. The van der Waals surface area contributed by atoms with Crippen molar-refractivity contribution in [1.82, 2.24) is 4.72 Å². The van der Waals surface area contributed by atoms with Gasteiger partial charge >= 0.3 is 0 Å². The lowest BCUT2D eigenvalue weighted by molar-refractivity contribution is -0.0185. The molecule has 88 valence electrons. The van der Waals surface area contributed by atoms with Crippen LogP contribution in [0.4, 0.5) is 8.78 Å². The van der Waals surface area contributed by atoms with E-state index in [0.29, 0.717) is 16.7 Å². The summed E-state index contributed by atoms with van der Waals surface area (Å²) in [5.41, 5.74) is 1.61. The molecule has 1 N–H and O–H groups in total. The molecule has 0 spiro atoms. The highest BCUT2D eigenvalue weighted by Crippen LogP contribution is 2.44. The molecule has 0 aromatic heterocycles. The van der Waals surface area contributed by atoms with Crippen LogP contribution >= 0.6 is 0 Å². The van der Waals surface area contributed by atoms with Crippen LogP contribution in [0.1, 0.15) is 22.7 Å². The van der Waals surface area contributed by atoms with E-state index in [1.807, 2.05) is 4.72 Å². The maximum atomic E-state index is 13.6. The first-order valence-corrected chi connectivity index (χ1v) is 5.96. The van der Waals surface area contributed by atoms with Gasteiger partial charge in [0.05, 0.1) is 0 Å². The molecule has 1 atom stereocenters. The molecule has 2 rings (SSSR count). The zero-order chi connectivity index (χ0) is 11.9. The van der Waals surface area contributed by atoms with Gasteiger partial charge in [0.15, 0.2) is 0 Å². The van der Waals surface area contributed by atoms with Crippen LogP contribution in [0.3, 0.4) is 0 Å². The molecular formula is C10H11F2NO2S. The number of hydrogen-bond acceptors (Lipinski definition) is 2. The first-order chi connectivity index (χ1) is 7.42. The summed E-state index contributed by atoms with van der Waals surface area (Å²) >= 11 is 0. The molecule has 0 amide bonds. The van der Waals surface area contributed by atoms with Crippen LogP contribution in [0, 0.1) is 6.92 Å². The molecule has 3 nitrogen and oxygen atoms in total. The van der Waals surface area contributed by atoms with E-state index in [9.17, 15) is 17.2 Å². The fourth-order valence-corrected chi connectivity index (χ4v) is 2.67. The molecule has 16 heavy (non-hydrogen) atoms. The van der Waals surface area contributed by atoms with E-state index in [1.165, 1.54) is 0 Å². The Kier molecular flexibility index (Phi) is 2.71. The first kappa shape index (κ1) is 11.5. The first-order valence-electron chi connectivity index (χ1n) is 4.78. The van der Waals surface area contributed by atoms with Crippen LogP contribution in [0.5, 0.6) is 0 Å². The average Bonchev–Trinajstić information content (AvgIpc) is 2.38. The van der Waals surface area contributed by atoms with Crippen molar-refractivity contribution in [3.05, 3.63) is 34.9 Å². The zero-order valence-corrected chi connectivity index (χ0v) is 9.43. The summed E-state index contributed by atoms with van der Waals surface area (Å²) in [7, 11) is -3.04. The smallest absolute Gasteiger partial charge is 0.215 e. The van der Waals surface area contributed by atoms with Gasteiger partial charge < -0.3 is 0 Å². The lowest BCUT2D eigenvalue weighted by Gasteiger charge is -2.19. The van der Waals surface area contributed by atoms with Crippen LogP contribution < -0.4 is 4.72 Å². The molecule has 0 saturated heterocycles. The van der Waals surface area contributed by atoms with Gasteiger partial charge in [-0.1, -0.05) is 18.2 Å². The van der Waals surface area contributed by atoms with Crippen LogP contribution in [0.2, 0.25) is 0 Å². The Balaban J connectivity index is 2.51. The molecule has 0 bridgehead atoms. The molecule has 6 heteroatoms. The second kappa shape index (κ2) is 3.78. The Morgan fingerprint density at radius 2 is 2.12 bits per heavy atom. The Labute approximate surface area is 93.6 Å². The Bertz CT molecular complexity index is 492. The van der Waals surface area contributed by atoms with Gasteiger partial charge in [-0.2, -0.15) is 0 Å². The predicted octanol–water partition coefficient (Wildman–Crippen LogP) is 1.34. The highest BCUT2D eigenvalue weighted by Gasteiger charge is 2.48. The topological polar surface area (TPSA) is 46.2 Å². The van der Waals surface area contributed by atoms with Crippen LogP contribution in [-0.2, 0) is 17.3 Å². The summed E-state index contributed by atoms with van der Waals surface area (Å²) in [6, 6.07) is 3.58. The maximum absolute atomic E-state index is 13.6. The monoisotopic (exact) mass is 247 g/mol. The third-order valence-electron chi connectivity index (χ3n) is 2.79. The van der Waals surface area contributed by atoms with Crippen molar-refractivity contribution in [3.8, 4) is 0 Å². The van der Waals surface area contributed by atoms with Gasteiger partial charge in [-0.15, -0.1) is 0 Å². The fraction of sp³-hybridized carbons (Fsp3) is 0.400. The summed E-state index contributed by atoms with van der Waals surface area (Å²) in [6.45, 7) is 1.70. The number of halogens is 2. The minimum Gasteiger partial charge on any atom is -0.215 e. The summed E-state index contributed by atoms with van der Waals surface area (Å²) < 4.78 is 50.3. The third-order valence-corrected chi connectivity index (χ3v) is 3.26. The lowest BCUT2D eigenvalue weighted by atomic mass is 10.0. The number of hydrogen-bond donors (Lipinski definition) is 2. The molecule has 0 heterocycles. The molecule has 1 aliphatic rings. The number of fused-ring (bicyclic) bond motifs is 1. The van der Waals surface area contributed by atoms with Crippen molar-refractivity contribution in [1.29, 1.82) is 0 Å². The van der Waals surface area contributed by atoms with Gasteiger partial charge in [0.1, 0.15) is 6.04 Å². The molecule has 0 radical (unpaired) electrons. The molecule has 1 aromatic carbocycles. The van der Waals surface area contributed by atoms with E-state index >= 15 is 0 Å². The molecular weight excluding hydrogens is 236 g/mol. The summed E-state index contributed by atoms with van der Waals surface area (Å²) in [4.78, 5) is 0. The van der Waals surface area contributed by atoms with Crippen molar-refractivity contribution in [2.24, 2.45) is 0 Å². The molecule has 1 aliphatic carbocycles. The second-order valence-electron chi connectivity index (χ2n) is 3.90. The minimum atomic E-state index is -3.05. The van der Waals surface area contributed by atoms with Gasteiger partial charge in [-0.25, -0.2) is 21.9 Å². The number of nitrogens with one attached hydrogen (secondary N) is 1. The van der Waals surface area contributed by atoms with Gasteiger partial charge in [-0.3, -0.25) is 0 Å². The van der Waals surface area contributed by atoms with Crippen molar-refractivity contribution in [2.75, 3.05) is 0 Å². The van der Waals surface area contributed by atoms with Crippen molar-refractivity contribution < 1.29 is 17.2 Å². The quantitative estimate of drug-likeness (QED) is 0.775. The highest BCUT2D eigenvalue weighted by molar-refractivity contribution is 7.70. The largest absolute Gasteiger partial charge is 0.272 e. The lowest BCUT2D eigenvalue weighted by Crippen LogP contribution is -2.33. The van der Waals surface area contributed by atoms with E-state index in [0.717, 1.165) is 0 Å². The molecule has 0 fully saturated rings. The van der Waals surface area contributed by atoms with E-state index in [1.54, 1.807) is 25.1 Å². The van der Waals surface area contributed by atoms with E-state index in [-0.39, 0.29) is 0 Å². The molecule has 0 aliphatic heterocycles. The SMILES string of the molecule is Cc1cccc2c1[C@H](N[SH](=O)=O)C(F)(F)C2. The van der Waals surface area contributed by atoms with Gasteiger partial charge in [0.2, 0.25) is 10.9 Å². The van der Waals surface area contributed by atoms with Crippen molar-refractivity contribution >= 4 is 10.9 Å². The van der Waals surface area contributed by atoms with E-state index in [4.69, 9.17) is 0 Å². The van der Waals surface area contributed by atoms with Crippen LogP contribution in [0.15, 0.2) is 18.2 Å². The number of aryl methyl sites for hydroxylation is 1. The number of alkyl halides is 2. The Morgan fingerprint density at radius 1 is 1.44 bits per heavy atom. The van der Waals surface area contributed by atoms with Crippen molar-refractivity contribution in [2.45, 2.75) is 25.3 Å². The maximum Gasteiger partial charge on any atom is 0.272 e. The summed E-state index contributed by atoms with van der Waals surface area (Å²) in [6.07, 6.45) is -0.412. The number of rotatable bonds is 2. The fourth-order valence-electron chi connectivity index (χ4n) is 2.14. The highest BCUT2D eigenvalue weighted by atomic mass is 32.2. The number of thiol groups is 1. The van der Waals surface area contributed by atoms with E-state index in [2.05, 4.69) is 0 Å². The van der Waals surface area contributed by atoms with Crippen LogP contribution in [0.25, 0.3) is 0 Å². The third kappa shape index (κ3) is 1.82. The number of benzene rings is 1. The Hall–Kier alpha value is -1.01. The normalized spacial score (nSPS) is 22.4. The van der Waals surface area contributed by atoms with Gasteiger partial charge in [0, 0.05) is 6.42 Å². The van der Waals surface area contributed by atoms with Gasteiger partial charge in [0.25, 0.3) is 5.92 Å². The predicted molar refractivity (Wildman–Crippen MR) is 56.0 cm³/mol. The van der Waals surface area contributed by atoms with E-state index < -0.39 is 29.3 Å². The standard InChI is InChI=1S/C10H11F2NO2S/c1-6-3-2-4-7-5-10(11,12)9(8(6)7)13-16(14)15/h2-4,9,16H,5H2,1H3,(H,13,14,15)/t9-/m0/s1. The average molecular weight is 247 g/mol. The van der Waals surface area contributed by atoms with Crippen molar-refractivity contribution in [3.63, 3.8) is 0 Å². The van der Waals surface area contributed by atoms with Crippen LogP contribution in [-0.4, -0.2) is 14.3 Å². The van der Waals surface area contributed by atoms with Gasteiger partial charge in [-0.05, 0) is 23.6 Å². The minimum absolute atomic E-state index is 0.409. The Morgan fingerprint density at radius 3 is 2.75 bits per heavy atom.